The van der Waals surface area contributed by atoms with Gasteiger partial charge < -0.3 is 14.0 Å². The summed E-state index contributed by atoms with van der Waals surface area (Å²) in [6, 6.07) is 5.03. The van der Waals surface area contributed by atoms with Gasteiger partial charge in [-0.1, -0.05) is 13.8 Å². The third-order valence-electron chi connectivity index (χ3n) is 5.61. The van der Waals surface area contributed by atoms with E-state index in [0.717, 1.165) is 24.9 Å². The van der Waals surface area contributed by atoms with Crippen LogP contribution in [0, 0.1) is 11.8 Å². The molecule has 1 aliphatic carbocycles. The van der Waals surface area contributed by atoms with Gasteiger partial charge in [-0.25, -0.2) is 13.4 Å². The molecule has 2 aliphatic rings. The largest absolute Gasteiger partial charge is 0.457 e. The molecule has 0 N–H and O–H groups in total. The van der Waals surface area contributed by atoms with E-state index in [0.29, 0.717) is 43.6 Å². The van der Waals surface area contributed by atoms with Gasteiger partial charge in [0.1, 0.15) is 12.4 Å². The highest BCUT2D eigenvalue weighted by atomic mass is 32.2. The molecule has 2 aromatic rings. The number of hydrogen-bond acceptors (Lipinski definition) is 6. The first-order chi connectivity index (χ1) is 13.9. The fourth-order valence-electron chi connectivity index (χ4n) is 3.73. The lowest BCUT2D eigenvalue weighted by Crippen LogP contribution is -2.40. The first-order valence-electron chi connectivity index (χ1n) is 10.2. The number of fused-ring (bicyclic) bond motifs is 1. The van der Waals surface area contributed by atoms with Crippen molar-refractivity contribution in [2.75, 3.05) is 26.3 Å². The van der Waals surface area contributed by atoms with Crippen LogP contribution in [0.5, 0.6) is 0 Å². The second-order valence-corrected chi connectivity index (χ2v) is 9.71. The van der Waals surface area contributed by atoms with Gasteiger partial charge in [0.05, 0.1) is 35.1 Å². The molecule has 29 heavy (non-hydrogen) atoms. The van der Waals surface area contributed by atoms with E-state index in [2.05, 4.69) is 11.9 Å². The number of carbonyl (C=O) groups excluding carboxylic acids is 1. The number of hydrogen-bond donors (Lipinski definition) is 0. The maximum atomic E-state index is 12.9. The molecule has 0 bridgehead atoms. The minimum absolute atomic E-state index is 0.00396. The van der Waals surface area contributed by atoms with Gasteiger partial charge in [0, 0.05) is 19.6 Å². The van der Waals surface area contributed by atoms with Gasteiger partial charge in [0.15, 0.2) is 0 Å². The van der Waals surface area contributed by atoms with Crippen LogP contribution in [0.1, 0.15) is 32.5 Å². The third kappa shape index (κ3) is 4.04. The number of esters is 1. The van der Waals surface area contributed by atoms with E-state index in [-0.39, 0.29) is 23.4 Å². The van der Waals surface area contributed by atoms with E-state index in [1.54, 1.807) is 18.2 Å². The van der Waals surface area contributed by atoms with Gasteiger partial charge in [-0.2, -0.15) is 4.31 Å². The zero-order chi connectivity index (χ0) is 20.6. The molecule has 1 aromatic heterocycles. The number of aryl methyl sites for hydroxylation is 1. The van der Waals surface area contributed by atoms with Crippen LogP contribution in [0.4, 0.5) is 0 Å². The molecule has 8 nitrogen and oxygen atoms in total. The number of rotatable bonds is 7. The summed E-state index contributed by atoms with van der Waals surface area (Å²) in [7, 11) is -3.59. The van der Waals surface area contributed by atoms with Crippen molar-refractivity contribution in [3.63, 3.8) is 0 Å². The highest BCUT2D eigenvalue weighted by Crippen LogP contribution is 2.38. The molecule has 0 spiro atoms. The topological polar surface area (TPSA) is 90.7 Å². The smallest absolute Gasteiger partial charge is 0.309 e. The number of imidazole rings is 1. The minimum atomic E-state index is -3.59. The quantitative estimate of drug-likeness (QED) is 0.637. The zero-order valence-corrected chi connectivity index (χ0v) is 17.7. The van der Waals surface area contributed by atoms with Gasteiger partial charge in [0.25, 0.3) is 0 Å². The molecule has 158 valence electrons. The number of ether oxygens (including phenoxy) is 2. The zero-order valence-electron chi connectivity index (χ0n) is 16.8. The normalized spacial score (nSPS) is 22.7. The molecule has 0 amide bonds. The average molecular weight is 422 g/mol. The monoisotopic (exact) mass is 421 g/mol. The predicted octanol–water partition coefficient (Wildman–Crippen LogP) is 2.17. The van der Waals surface area contributed by atoms with Crippen LogP contribution in [0.15, 0.2) is 23.1 Å². The van der Waals surface area contributed by atoms with Gasteiger partial charge >= 0.3 is 5.97 Å². The molecule has 0 unspecified atom stereocenters. The number of benzene rings is 1. The highest BCUT2D eigenvalue weighted by molar-refractivity contribution is 7.89. The summed E-state index contributed by atoms with van der Waals surface area (Å²) in [5.41, 5.74) is 1.44. The van der Waals surface area contributed by atoms with Crippen molar-refractivity contribution in [3.8, 4) is 0 Å². The summed E-state index contributed by atoms with van der Waals surface area (Å²) in [5, 5.41) is 0. The standard InChI is InChI=1S/C20H27N3O5S/c1-3-6-23-18-5-4-15(29(25,26)22-7-9-27-10-8-22)12-17(18)21-19(23)13-28-20(24)16-11-14(16)2/h4-5,12,14,16H,3,6-11,13H2,1-2H3/t14-,16+/m0/s1. The number of nitrogens with zero attached hydrogens (tertiary/aromatic N) is 3. The number of carbonyl (C=O) groups is 1. The SMILES string of the molecule is CCCn1c(COC(=O)[C@@H]2C[C@@H]2C)nc2cc(S(=O)(=O)N3CCOCC3)ccc21. The minimum Gasteiger partial charge on any atom is -0.457 e. The van der Waals surface area contributed by atoms with Crippen molar-refractivity contribution in [2.45, 2.75) is 44.7 Å². The van der Waals surface area contributed by atoms with Crippen LogP contribution in [0.2, 0.25) is 0 Å². The Morgan fingerprint density at radius 3 is 2.69 bits per heavy atom. The van der Waals surface area contributed by atoms with Gasteiger partial charge in [-0.05, 0) is 37.0 Å². The molecular formula is C20H27N3O5S. The summed E-state index contributed by atoms with van der Waals surface area (Å²) < 4.78 is 40.1. The first-order valence-corrected chi connectivity index (χ1v) is 11.6. The summed E-state index contributed by atoms with van der Waals surface area (Å²) in [5.74, 6) is 0.863. The third-order valence-corrected chi connectivity index (χ3v) is 7.50. The Bertz CT molecular complexity index is 1010. The van der Waals surface area contributed by atoms with Crippen LogP contribution in [0.25, 0.3) is 11.0 Å². The summed E-state index contributed by atoms with van der Waals surface area (Å²) in [6.45, 7) is 6.43. The van der Waals surface area contributed by atoms with Crippen LogP contribution < -0.4 is 0 Å². The van der Waals surface area contributed by atoms with Crippen LogP contribution >= 0.6 is 0 Å². The number of aromatic nitrogens is 2. The molecule has 1 saturated heterocycles. The highest BCUT2D eigenvalue weighted by Gasteiger charge is 2.40. The van der Waals surface area contributed by atoms with Gasteiger partial charge in [-0.3, -0.25) is 4.79 Å². The maximum absolute atomic E-state index is 12.9. The maximum Gasteiger partial charge on any atom is 0.309 e. The van der Waals surface area contributed by atoms with Crippen molar-refractivity contribution in [1.82, 2.24) is 13.9 Å². The molecule has 1 aliphatic heterocycles. The second kappa shape index (κ2) is 8.04. The molecule has 1 saturated carbocycles. The summed E-state index contributed by atoms with van der Waals surface area (Å²) in [4.78, 5) is 16.9. The van der Waals surface area contributed by atoms with Crippen LogP contribution in [-0.4, -0.2) is 54.5 Å². The Hall–Kier alpha value is -1.97. The Balaban J connectivity index is 1.61. The lowest BCUT2D eigenvalue weighted by atomic mass is 10.3. The van der Waals surface area contributed by atoms with E-state index in [4.69, 9.17) is 9.47 Å². The Morgan fingerprint density at radius 2 is 2.03 bits per heavy atom. The Morgan fingerprint density at radius 1 is 1.31 bits per heavy atom. The molecule has 2 atom stereocenters. The van der Waals surface area contributed by atoms with Crippen molar-refractivity contribution >= 4 is 27.0 Å². The average Bonchev–Trinajstić information content (AvgIpc) is 3.36. The van der Waals surface area contributed by atoms with Crippen molar-refractivity contribution in [2.24, 2.45) is 11.8 Å². The summed E-state index contributed by atoms with van der Waals surface area (Å²) in [6.07, 6.45) is 1.77. The van der Waals surface area contributed by atoms with Crippen LogP contribution in [0.3, 0.4) is 0 Å². The van der Waals surface area contributed by atoms with Gasteiger partial charge in [-0.15, -0.1) is 0 Å². The number of morpholine rings is 1. The van der Waals surface area contributed by atoms with E-state index in [1.807, 2.05) is 11.5 Å². The molecule has 1 aromatic carbocycles. The lowest BCUT2D eigenvalue weighted by Gasteiger charge is -2.26. The fourth-order valence-corrected chi connectivity index (χ4v) is 5.16. The number of sulfonamides is 1. The molecule has 4 rings (SSSR count). The van der Waals surface area contributed by atoms with E-state index in [9.17, 15) is 13.2 Å². The molecule has 0 radical (unpaired) electrons. The predicted molar refractivity (Wildman–Crippen MR) is 107 cm³/mol. The molecule has 2 fully saturated rings. The lowest BCUT2D eigenvalue weighted by molar-refractivity contribution is -0.147. The summed E-state index contributed by atoms with van der Waals surface area (Å²) >= 11 is 0. The van der Waals surface area contributed by atoms with E-state index in [1.165, 1.54) is 4.31 Å². The molecule has 2 heterocycles. The second-order valence-electron chi connectivity index (χ2n) is 7.77. The fraction of sp³-hybridized carbons (Fsp3) is 0.600. The van der Waals surface area contributed by atoms with Crippen molar-refractivity contribution < 1.29 is 22.7 Å². The van der Waals surface area contributed by atoms with Crippen molar-refractivity contribution in [1.29, 1.82) is 0 Å². The van der Waals surface area contributed by atoms with E-state index < -0.39 is 10.0 Å². The van der Waals surface area contributed by atoms with E-state index >= 15 is 0 Å². The first kappa shape index (κ1) is 20.3. The van der Waals surface area contributed by atoms with Crippen molar-refractivity contribution in [3.05, 3.63) is 24.0 Å². The van der Waals surface area contributed by atoms with Crippen LogP contribution in [-0.2, 0) is 37.4 Å². The Kier molecular flexibility index (Phi) is 5.63. The Labute approximate surface area is 170 Å². The molecule has 9 heteroatoms. The molecular weight excluding hydrogens is 394 g/mol. The van der Waals surface area contributed by atoms with Gasteiger partial charge in [0.2, 0.25) is 10.0 Å².